The van der Waals surface area contributed by atoms with E-state index in [0.717, 1.165) is 6.92 Å². The van der Waals surface area contributed by atoms with Gasteiger partial charge in [0.2, 0.25) is 5.91 Å². The molecule has 10 unspecified atom stereocenters. The minimum absolute atomic E-state index is 0.0201. The minimum atomic E-state index is -2.15. The summed E-state index contributed by atoms with van der Waals surface area (Å²) in [5, 5.41) is 61.8. The number of Topliss-reactive ketones (excluding diaryl/α,β-unsaturated/α-hetero) is 1. The third kappa shape index (κ3) is 4.92. The number of aliphatic hydroxyl groups is 5. The zero-order chi connectivity index (χ0) is 34.1. The van der Waals surface area contributed by atoms with Crippen LogP contribution in [0, 0.1) is 22.7 Å². The summed E-state index contributed by atoms with van der Waals surface area (Å²) in [6, 6.07) is 7.14. The molecule has 6 N–H and O–H groups in total. The topological polar surface area (TPSA) is 200 Å². The highest BCUT2D eigenvalue weighted by Gasteiger charge is 2.75. The number of benzene rings is 1. The minimum Gasteiger partial charge on any atom is -0.459 e. The van der Waals surface area contributed by atoms with Gasteiger partial charge in [-0.05, 0) is 55.7 Å². The van der Waals surface area contributed by atoms with Gasteiger partial charge in [0.05, 0.1) is 23.2 Å². The number of aliphatic hydroxyl groups excluding tert-OH is 3. The van der Waals surface area contributed by atoms with Crippen molar-refractivity contribution in [2.45, 2.75) is 115 Å². The van der Waals surface area contributed by atoms with Crippen LogP contribution in [0.2, 0.25) is 0 Å². The summed E-state index contributed by atoms with van der Waals surface area (Å²) in [5.41, 5.74) is -6.36. The van der Waals surface area contributed by atoms with E-state index < -0.39 is 100 Å². The molecule has 5 rings (SSSR count). The SMILES string of the molecule is CC(=O)NC(c1ccccc1)C(O)C(=O)OC1CC2(O)C(OC(C)=O)C3C4(O)CCC4CC(O)[C@@]3(C)C(=O)C(O)C(=C1C)C2(C)C. The van der Waals surface area contributed by atoms with E-state index in [1.165, 1.54) is 20.8 Å². The Morgan fingerprint density at radius 2 is 1.65 bits per heavy atom. The molecule has 12 nitrogen and oxygen atoms in total. The molecule has 46 heavy (non-hydrogen) atoms. The number of esters is 2. The fourth-order valence-electron chi connectivity index (χ4n) is 8.88. The lowest BCUT2D eigenvalue weighted by Crippen LogP contribution is -2.78. The number of carbonyl (C=O) groups is 4. The number of ketones is 1. The van der Waals surface area contributed by atoms with E-state index in [0.29, 0.717) is 12.0 Å². The monoisotopic (exact) mass is 643 g/mol. The van der Waals surface area contributed by atoms with Gasteiger partial charge < -0.3 is 40.3 Å². The Balaban J connectivity index is 1.63. The van der Waals surface area contributed by atoms with Crippen molar-refractivity contribution in [2.24, 2.45) is 22.7 Å². The fourth-order valence-corrected chi connectivity index (χ4v) is 8.88. The normalized spacial score (nSPS) is 39.3. The molecule has 11 atom stereocenters. The van der Waals surface area contributed by atoms with Crippen molar-refractivity contribution >= 4 is 23.6 Å². The molecule has 0 heterocycles. The maximum Gasteiger partial charge on any atom is 0.338 e. The van der Waals surface area contributed by atoms with E-state index in [4.69, 9.17) is 9.47 Å². The molecule has 12 heteroatoms. The van der Waals surface area contributed by atoms with Gasteiger partial charge in [-0.1, -0.05) is 44.2 Å². The third-order valence-electron chi connectivity index (χ3n) is 11.6. The summed E-state index contributed by atoms with van der Waals surface area (Å²) in [4.78, 5) is 52.6. The first-order valence-electron chi connectivity index (χ1n) is 15.8. The Morgan fingerprint density at radius 3 is 2.20 bits per heavy atom. The number of fused-ring (bicyclic) bond motifs is 5. The van der Waals surface area contributed by atoms with Crippen LogP contribution in [-0.2, 0) is 28.7 Å². The van der Waals surface area contributed by atoms with E-state index in [2.05, 4.69) is 5.32 Å². The van der Waals surface area contributed by atoms with E-state index in [1.54, 1.807) is 44.2 Å². The van der Waals surface area contributed by atoms with E-state index >= 15 is 0 Å². The van der Waals surface area contributed by atoms with E-state index in [-0.39, 0.29) is 24.0 Å². The molecule has 4 aliphatic rings. The molecule has 1 aromatic rings. The average Bonchev–Trinajstić information content (AvgIpc) is 2.98. The quantitative estimate of drug-likeness (QED) is 0.191. The molecule has 0 aliphatic heterocycles. The van der Waals surface area contributed by atoms with Crippen LogP contribution in [0.4, 0.5) is 0 Å². The Morgan fingerprint density at radius 1 is 1.02 bits per heavy atom. The number of carbonyl (C=O) groups excluding carboxylic acids is 4. The van der Waals surface area contributed by atoms with Gasteiger partial charge in [-0.15, -0.1) is 0 Å². The Hall–Kier alpha value is -3.16. The zero-order valence-electron chi connectivity index (χ0n) is 27.0. The van der Waals surface area contributed by atoms with Crippen molar-refractivity contribution in [3.05, 3.63) is 47.0 Å². The smallest absolute Gasteiger partial charge is 0.338 e. The van der Waals surface area contributed by atoms with E-state index in [9.17, 15) is 44.7 Å². The summed E-state index contributed by atoms with van der Waals surface area (Å²) >= 11 is 0. The zero-order valence-corrected chi connectivity index (χ0v) is 27.0. The van der Waals surface area contributed by atoms with Gasteiger partial charge in [0.25, 0.3) is 0 Å². The number of amides is 1. The predicted molar refractivity (Wildman–Crippen MR) is 161 cm³/mol. The van der Waals surface area contributed by atoms with E-state index in [1.807, 2.05) is 0 Å². The average molecular weight is 644 g/mol. The lowest BCUT2D eigenvalue weighted by atomic mass is 9.41. The van der Waals surface area contributed by atoms with Crippen LogP contribution in [0.5, 0.6) is 0 Å². The lowest BCUT2D eigenvalue weighted by molar-refractivity contribution is -0.295. The Bertz CT molecular complexity index is 1460. The first-order chi connectivity index (χ1) is 21.3. The molecule has 1 aromatic carbocycles. The van der Waals surface area contributed by atoms with Crippen molar-refractivity contribution in [1.82, 2.24) is 5.32 Å². The Labute approximate surface area is 267 Å². The van der Waals surface area contributed by atoms with Crippen LogP contribution in [0.15, 0.2) is 41.5 Å². The highest BCUT2D eigenvalue weighted by Crippen LogP contribution is 2.65. The third-order valence-corrected chi connectivity index (χ3v) is 11.6. The molecule has 1 amide bonds. The molecule has 0 saturated heterocycles. The second kappa shape index (κ2) is 11.5. The predicted octanol–water partition coefficient (Wildman–Crippen LogP) is 1.02. The van der Waals surface area contributed by atoms with Crippen molar-refractivity contribution in [3.8, 4) is 0 Å². The van der Waals surface area contributed by atoms with Crippen LogP contribution >= 0.6 is 0 Å². The van der Waals surface area contributed by atoms with Crippen LogP contribution in [0.25, 0.3) is 0 Å². The molecule has 252 valence electrons. The highest BCUT2D eigenvalue weighted by atomic mass is 16.6. The molecule has 3 saturated carbocycles. The van der Waals surface area contributed by atoms with Gasteiger partial charge >= 0.3 is 11.9 Å². The maximum atomic E-state index is 14.4. The van der Waals surface area contributed by atoms with Gasteiger partial charge in [0, 0.05) is 31.6 Å². The summed E-state index contributed by atoms with van der Waals surface area (Å²) in [7, 11) is 0. The first kappa shape index (κ1) is 34.2. The molecule has 4 aliphatic carbocycles. The van der Waals surface area contributed by atoms with Gasteiger partial charge in [-0.3, -0.25) is 14.4 Å². The van der Waals surface area contributed by atoms with Crippen molar-refractivity contribution in [2.75, 3.05) is 0 Å². The summed E-state index contributed by atoms with van der Waals surface area (Å²) in [6.07, 6.45) is -7.53. The number of ether oxygens (including phenoxy) is 2. The van der Waals surface area contributed by atoms with Gasteiger partial charge in [-0.2, -0.15) is 0 Å². The Kier molecular flexibility index (Phi) is 8.56. The molecule has 3 fully saturated rings. The van der Waals surface area contributed by atoms with Crippen LogP contribution in [0.3, 0.4) is 0 Å². The van der Waals surface area contributed by atoms with Crippen LogP contribution in [-0.4, -0.2) is 90.9 Å². The molecule has 0 radical (unpaired) electrons. The number of rotatable bonds is 6. The van der Waals surface area contributed by atoms with Gasteiger partial charge in [0.1, 0.15) is 23.9 Å². The number of hydrogen-bond donors (Lipinski definition) is 6. The standard InChI is InChI=1S/C34H45NO11/c1-16-21(46-30(42)26(40)24(35-17(2)36)19-10-8-7-9-11-19)15-34(44)29(45-18(3)37)27-32(6,22(38)14-20-12-13-33(20,27)43)28(41)25(39)23(16)31(34,4)5/h7-11,20-22,24-27,29,38-40,43-44H,12-15H2,1-6H3,(H,35,36)/t20?,21?,22?,24?,25?,26?,27?,29?,32-,33?,34?/m1/s1. The molecule has 0 spiro atoms. The van der Waals surface area contributed by atoms with Crippen molar-refractivity contribution in [3.63, 3.8) is 0 Å². The van der Waals surface area contributed by atoms with Crippen molar-refractivity contribution in [1.29, 1.82) is 0 Å². The summed E-state index contributed by atoms with van der Waals surface area (Å²) < 4.78 is 11.7. The molecular weight excluding hydrogens is 598 g/mol. The number of hydrogen-bond acceptors (Lipinski definition) is 11. The summed E-state index contributed by atoms with van der Waals surface area (Å²) in [6.45, 7) is 8.50. The molecular formula is C34H45NO11. The van der Waals surface area contributed by atoms with Gasteiger partial charge in [0.15, 0.2) is 11.9 Å². The highest BCUT2D eigenvalue weighted by molar-refractivity contribution is 5.93. The van der Waals surface area contributed by atoms with Crippen LogP contribution < -0.4 is 5.32 Å². The second-order valence-electron chi connectivity index (χ2n) is 14.3. The van der Waals surface area contributed by atoms with Gasteiger partial charge in [-0.25, -0.2) is 4.79 Å². The maximum absolute atomic E-state index is 14.4. The lowest BCUT2D eigenvalue weighted by Gasteiger charge is -2.67. The molecule has 0 aromatic heterocycles. The summed E-state index contributed by atoms with van der Waals surface area (Å²) in [5.74, 6) is -5.03. The molecule has 2 bridgehead atoms. The first-order valence-corrected chi connectivity index (χ1v) is 15.8. The number of nitrogens with one attached hydrogen (secondary N) is 1. The fraction of sp³-hybridized carbons (Fsp3) is 0.647. The largest absolute Gasteiger partial charge is 0.459 e. The van der Waals surface area contributed by atoms with Crippen molar-refractivity contribution < 1.29 is 54.2 Å². The van der Waals surface area contributed by atoms with Crippen LogP contribution in [0.1, 0.15) is 78.8 Å². The second-order valence-corrected chi connectivity index (χ2v) is 14.3.